The lowest BCUT2D eigenvalue weighted by Gasteiger charge is -2.40. The van der Waals surface area contributed by atoms with Gasteiger partial charge in [0.05, 0.1) is 6.10 Å². The van der Waals surface area contributed by atoms with E-state index in [2.05, 4.69) is 27.7 Å². The normalized spacial score (nSPS) is 25.6. The molecule has 1 N–H and O–H groups in total. The van der Waals surface area contributed by atoms with Gasteiger partial charge in [0.25, 0.3) is 0 Å². The van der Waals surface area contributed by atoms with Crippen LogP contribution in [0.15, 0.2) is 0 Å². The molecule has 0 aromatic heterocycles. The molecule has 1 rings (SSSR count). The third kappa shape index (κ3) is 9.11. The average molecular weight is 381 g/mol. The highest BCUT2D eigenvalue weighted by Gasteiger charge is 2.49. The maximum Gasteiger partial charge on any atom is 0.130 e. The molecule has 0 aromatic carbocycles. The minimum absolute atomic E-state index is 0.158. The number of unbranched alkanes of at least 4 members (excludes halogenated alkanes) is 9. The van der Waals surface area contributed by atoms with E-state index in [-0.39, 0.29) is 16.9 Å². The van der Waals surface area contributed by atoms with E-state index in [1.807, 2.05) is 0 Å². The molecule has 1 aliphatic carbocycles. The van der Waals surface area contributed by atoms with Gasteiger partial charge in [0.1, 0.15) is 5.78 Å². The zero-order chi connectivity index (χ0) is 20.3. The minimum atomic E-state index is -0.166. The Morgan fingerprint density at radius 1 is 0.926 bits per heavy atom. The summed E-state index contributed by atoms with van der Waals surface area (Å²) in [7, 11) is 0. The largest absolute Gasteiger partial charge is 0.393 e. The fourth-order valence-corrected chi connectivity index (χ4v) is 5.30. The number of aliphatic hydroxyl groups excluding tert-OH is 1. The molecule has 2 heteroatoms. The van der Waals surface area contributed by atoms with Crippen LogP contribution in [0.3, 0.4) is 0 Å². The molecule has 1 fully saturated rings. The molecule has 0 heterocycles. The van der Waals surface area contributed by atoms with Gasteiger partial charge >= 0.3 is 0 Å². The lowest BCUT2D eigenvalue weighted by atomic mass is 9.64. The number of carbonyl (C=O) groups excluding carboxylic acids is 1. The van der Waals surface area contributed by atoms with Crippen molar-refractivity contribution in [3.05, 3.63) is 0 Å². The Morgan fingerprint density at radius 2 is 1.44 bits per heavy atom. The van der Waals surface area contributed by atoms with Crippen molar-refractivity contribution in [2.24, 2.45) is 16.7 Å². The Hall–Kier alpha value is -0.370. The second kappa shape index (κ2) is 12.2. The molecule has 0 bridgehead atoms. The summed E-state index contributed by atoms with van der Waals surface area (Å²) in [6.07, 6.45) is 18.3. The van der Waals surface area contributed by atoms with Crippen molar-refractivity contribution < 1.29 is 9.90 Å². The standard InChI is InChI=1S/C25H48O2/c1-6-7-8-9-10-11-12-13-14-15-16-22(17-21(2)26)18-25(5)20-23(27)19-24(25,3)4/h22-23,27H,6-20H2,1-5H3/t22-,23?,25+/m0/s1. The molecule has 160 valence electrons. The summed E-state index contributed by atoms with van der Waals surface area (Å²) in [6, 6.07) is 0. The minimum Gasteiger partial charge on any atom is -0.393 e. The van der Waals surface area contributed by atoms with E-state index < -0.39 is 0 Å². The van der Waals surface area contributed by atoms with Crippen molar-refractivity contribution in [2.75, 3.05) is 0 Å². The van der Waals surface area contributed by atoms with E-state index in [0.717, 1.165) is 25.7 Å². The molecule has 0 spiro atoms. The maximum atomic E-state index is 11.8. The lowest BCUT2D eigenvalue weighted by Crippen LogP contribution is -2.32. The van der Waals surface area contributed by atoms with Gasteiger partial charge in [0.2, 0.25) is 0 Å². The highest BCUT2D eigenvalue weighted by Crippen LogP contribution is 2.56. The quantitative estimate of drug-likeness (QED) is 0.299. The van der Waals surface area contributed by atoms with Crippen LogP contribution in [0, 0.1) is 16.7 Å². The van der Waals surface area contributed by atoms with Gasteiger partial charge in [0, 0.05) is 6.42 Å². The molecule has 0 aliphatic heterocycles. The van der Waals surface area contributed by atoms with Crippen LogP contribution >= 0.6 is 0 Å². The summed E-state index contributed by atoms with van der Waals surface area (Å²) in [4.78, 5) is 11.8. The van der Waals surface area contributed by atoms with Crippen molar-refractivity contribution in [1.82, 2.24) is 0 Å². The number of carbonyl (C=O) groups is 1. The summed E-state index contributed by atoms with van der Waals surface area (Å²) < 4.78 is 0. The first-order chi connectivity index (χ1) is 12.7. The first kappa shape index (κ1) is 24.7. The van der Waals surface area contributed by atoms with Crippen molar-refractivity contribution in [3.8, 4) is 0 Å². The van der Waals surface area contributed by atoms with Crippen LogP contribution in [0.5, 0.6) is 0 Å². The predicted octanol–water partition coefficient (Wildman–Crippen LogP) is 7.47. The third-order valence-electron chi connectivity index (χ3n) is 7.35. The van der Waals surface area contributed by atoms with Crippen LogP contribution in [0.25, 0.3) is 0 Å². The molecule has 0 amide bonds. The highest BCUT2D eigenvalue weighted by molar-refractivity contribution is 5.75. The van der Waals surface area contributed by atoms with Crippen molar-refractivity contribution in [3.63, 3.8) is 0 Å². The number of rotatable bonds is 15. The second-order valence-electron chi connectivity index (χ2n) is 10.5. The Morgan fingerprint density at radius 3 is 1.89 bits per heavy atom. The van der Waals surface area contributed by atoms with Gasteiger partial charge in [-0.15, -0.1) is 0 Å². The number of aliphatic hydroxyl groups is 1. The van der Waals surface area contributed by atoms with E-state index in [4.69, 9.17) is 0 Å². The average Bonchev–Trinajstić information content (AvgIpc) is 2.75. The van der Waals surface area contributed by atoms with Gasteiger partial charge in [-0.1, -0.05) is 98.3 Å². The smallest absolute Gasteiger partial charge is 0.130 e. The second-order valence-corrected chi connectivity index (χ2v) is 10.5. The van der Waals surface area contributed by atoms with E-state index in [9.17, 15) is 9.90 Å². The summed E-state index contributed by atoms with van der Waals surface area (Å²) in [5.41, 5.74) is 0.324. The van der Waals surface area contributed by atoms with Gasteiger partial charge in [-0.25, -0.2) is 0 Å². The summed E-state index contributed by atoms with van der Waals surface area (Å²) >= 11 is 0. The molecule has 1 saturated carbocycles. The van der Waals surface area contributed by atoms with Crippen LogP contribution in [-0.4, -0.2) is 17.0 Å². The van der Waals surface area contributed by atoms with Gasteiger partial charge in [-0.2, -0.15) is 0 Å². The van der Waals surface area contributed by atoms with Crippen molar-refractivity contribution >= 4 is 5.78 Å². The molecule has 1 aliphatic rings. The van der Waals surface area contributed by atoms with E-state index >= 15 is 0 Å². The van der Waals surface area contributed by atoms with Crippen LogP contribution in [0.1, 0.15) is 131 Å². The fraction of sp³-hybridized carbons (Fsp3) is 0.960. The first-order valence-electron chi connectivity index (χ1n) is 11.9. The van der Waals surface area contributed by atoms with Crippen LogP contribution in [0.4, 0.5) is 0 Å². The zero-order valence-electron chi connectivity index (χ0n) is 19.1. The molecular weight excluding hydrogens is 332 g/mol. The summed E-state index contributed by atoms with van der Waals surface area (Å²) in [5, 5.41) is 10.2. The maximum absolute atomic E-state index is 11.8. The predicted molar refractivity (Wildman–Crippen MR) is 117 cm³/mol. The van der Waals surface area contributed by atoms with Crippen LogP contribution in [-0.2, 0) is 4.79 Å². The molecule has 1 unspecified atom stereocenters. The van der Waals surface area contributed by atoms with Crippen LogP contribution < -0.4 is 0 Å². The number of hydrogen-bond donors (Lipinski definition) is 1. The van der Waals surface area contributed by atoms with E-state index in [0.29, 0.717) is 11.7 Å². The Labute approximate surface area is 169 Å². The van der Waals surface area contributed by atoms with Gasteiger partial charge in [0.15, 0.2) is 0 Å². The topological polar surface area (TPSA) is 37.3 Å². The molecule has 0 saturated heterocycles. The molecule has 2 nitrogen and oxygen atoms in total. The monoisotopic (exact) mass is 380 g/mol. The number of ketones is 1. The molecule has 27 heavy (non-hydrogen) atoms. The Bertz CT molecular complexity index is 415. The zero-order valence-corrected chi connectivity index (χ0v) is 19.1. The highest BCUT2D eigenvalue weighted by atomic mass is 16.3. The Balaban J connectivity index is 2.30. The molecule has 3 atom stereocenters. The number of Topliss-reactive ketones (excluding diaryl/α,β-unsaturated/α-hetero) is 1. The summed E-state index contributed by atoms with van der Waals surface area (Å²) in [6.45, 7) is 11.0. The summed E-state index contributed by atoms with van der Waals surface area (Å²) in [5.74, 6) is 0.818. The van der Waals surface area contributed by atoms with Gasteiger partial charge in [-0.3, -0.25) is 0 Å². The number of hydrogen-bond acceptors (Lipinski definition) is 2. The third-order valence-corrected chi connectivity index (χ3v) is 7.35. The Kier molecular flexibility index (Phi) is 11.2. The van der Waals surface area contributed by atoms with Crippen LogP contribution in [0.2, 0.25) is 0 Å². The van der Waals surface area contributed by atoms with Gasteiger partial charge in [-0.05, 0) is 42.9 Å². The fourth-order valence-electron chi connectivity index (χ4n) is 5.30. The van der Waals surface area contributed by atoms with E-state index in [1.54, 1.807) is 6.92 Å². The van der Waals surface area contributed by atoms with E-state index in [1.165, 1.54) is 70.6 Å². The molecule has 0 radical (unpaired) electrons. The molecular formula is C25H48O2. The van der Waals surface area contributed by atoms with Crippen molar-refractivity contribution in [1.29, 1.82) is 0 Å². The van der Waals surface area contributed by atoms with Crippen molar-refractivity contribution in [2.45, 2.75) is 137 Å². The SMILES string of the molecule is CCCCCCCCCCCC[C@@H](CC(C)=O)C[C@]1(C)CC(O)CC1(C)C. The van der Waals surface area contributed by atoms with Gasteiger partial charge < -0.3 is 9.90 Å². The lowest BCUT2D eigenvalue weighted by molar-refractivity contribution is -0.118. The molecule has 0 aromatic rings. The first-order valence-corrected chi connectivity index (χ1v) is 11.9.